The molecule has 0 spiro atoms. The highest BCUT2D eigenvalue weighted by Crippen LogP contribution is 2.17. The largest absolute Gasteiger partial charge is 0.350 e. The molecule has 2 aromatic carbocycles. The van der Waals surface area contributed by atoms with E-state index in [0.29, 0.717) is 12.1 Å². The summed E-state index contributed by atoms with van der Waals surface area (Å²) in [5.74, 6) is -0.127. The van der Waals surface area contributed by atoms with Crippen LogP contribution in [0, 0.1) is 0 Å². The van der Waals surface area contributed by atoms with Crippen molar-refractivity contribution in [2.75, 3.05) is 20.6 Å². The molecule has 0 unspecified atom stereocenters. The van der Waals surface area contributed by atoms with E-state index in [1.807, 2.05) is 44.4 Å². The average molecular weight is 336 g/mol. The summed E-state index contributed by atoms with van der Waals surface area (Å²) < 4.78 is 1.52. The first-order valence-electron chi connectivity index (χ1n) is 7.98. The molecule has 0 radical (unpaired) electrons. The van der Waals surface area contributed by atoms with Gasteiger partial charge in [-0.25, -0.2) is 4.68 Å². The molecule has 1 atom stereocenters. The Bertz CT molecular complexity index is 817. The molecule has 3 aromatic rings. The summed E-state index contributed by atoms with van der Waals surface area (Å²) in [5.41, 5.74) is 2.47. The van der Waals surface area contributed by atoms with E-state index in [1.165, 1.54) is 11.0 Å². The quantitative estimate of drug-likeness (QED) is 0.741. The van der Waals surface area contributed by atoms with E-state index < -0.39 is 0 Å². The first-order valence-corrected chi connectivity index (χ1v) is 7.98. The van der Waals surface area contributed by atoms with E-state index in [1.54, 1.807) is 12.1 Å². The Hall–Kier alpha value is -3.06. The van der Waals surface area contributed by atoms with E-state index >= 15 is 0 Å². The fraction of sp³-hybridized carbons (Fsp3) is 0.222. The van der Waals surface area contributed by atoms with Gasteiger partial charge in [-0.15, -0.1) is 5.10 Å². The van der Waals surface area contributed by atoms with Crippen LogP contribution in [-0.4, -0.2) is 51.7 Å². The SMILES string of the molecule is CN(C)[C@@H](CNC(=O)c1cccc(-n2cnnn2)c1)c1ccccc1. The van der Waals surface area contributed by atoms with Crippen molar-refractivity contribution in [1.29, 1.82) is 0 Å². The Balaban J connectivity index is 1.71. The number of nitrogens with one attached hydrogen (secondary N) is 1. The summed E-state index contributed by atoms with van der Waals surface area (Å²) in [7, 11) is 4.00. The van der Waals surface area contributed by atoms with Crippen LogP contribution in [0.4, 0.5) is 0 Å². The lowest BCUT2D eigenvalue weighted by atomic mass is 10.1. The standard InChI is InChI=1S/C18H20N6O/c1-23(2)17(14-7-4-3-5-8-14)12-19-18(25)15-9-6-10-16(11-15)24-13-20-21-22-24/h3-11,13,17H,12H2,1-2H3,(H,19,25)/t17-/m0/s1. The van der Waals surface area contributed by atoms with Gasteiger partial charge in [0.15, 0.2) is 0 Å². The Morgan fingerprint density at radius 1 is 1.16 bits per heavy atom. The second kappa shape index (κ2) is 7.67. The maximum atomic E-state index is 12.5. The number of benzene rings is 2. The first-order chi connectivity index (χ1) is 12.1. The highest BCUT2D eigenvalue weighted by Gasteiger charge is 2.16. The summed E-state index contributed by atoms with van der Waals surface area (Å²) in [6.45, 7) is 0.519. The minimum Gasteiger partial charge on any atom is -0.350 e. The van der Waals surface area contributed by atoms with E-state index in [9.17, 15) is 4.79 Å². The van der Waals surface area contributed by atoms with Gasteiger partial charge in [-0.3, -0.25) is 4.79 Å². The fourth-order valence-electron chi connectivity index (χ4n) is 2.63. The molecule has 1 amide bonds. The lowest BCUT2D eigenvalue weighted by molar-refractivity contribution is 0.0942. The van der Waals surface area contributed by atoms with Crippen LogP contribution in [-0.2, 0) is 0 Å². The van der Waals surface area contributed by atoms with Crippen molar-refractivity contribution in [1.82, 2.24) is 30.4 Å². The Kier molecular flexibility index (Phi) is 5.15. The Morgan fingerprint density at radius 3 is 2.64 bits per heavy atom. The smallest absolute Gasteiger partial charge is 0.251 e. The molecule has 128 valence electrons. The second-order valence-electron chi connectivity index (χ2n) is 5.90. The van der Waals surface area contributed by atoms with Crippen LogP contribution in [0.1, 0.15) is 22.0 Å². The summed E-state index contributed by atoms with van der Waals surface area (Å²) in [6.07, 6.45) is 1.49. The maximum absolute atomic E-state index is 12.5. The van der Waals surface area contributed by atoms with Crippen molar-refractivity contribution in [2.45, 2.75) is 6.04 Å². The van der Waals surface area contributed by atoms with Crippen LogP contribution >= 0.6 is 0 Å². The van der Waals surface area contributed by atoms with Gasteiger partial charge in [0.1, 0.15) is 6.33 Å². The molecule has 3 rings (SSSR count). The van der Waals surface area contributed by atoms with Crippen molar-refractivity contribution in [3.63, 3.8) is 0 Å². The van der Waals surface area contributed by atoms with Crippen molar-refractivity contribution in [3.05, 3.63) is 72.1 Å². The summed E-state index contributed by atoms with van der Waals surface area (Å²) in [4.78, 5) is 14.6. The molecule has 7 heteroatoms. The third-order valence-electron chi connectivity index (χ3n) is 3.99. The third-order valence-corrected chi connectivity index (χ3v) is 3.99. The zero-order valence-corrected chi connectivity index (χ0v) is 14.2. The van der Waals surface area contributed by atoms with Crippen LogP contribution in [0.5, 0.6) is 0 Å². The van der Waals surface area contributed by atoms with E-state index in [-0.39, 0.29) is 11.9 Å². The Labute approximate surface area is 146 Å². The number of likely N-dealkylation sites (N-methyl/N-ethyl adjacent to an activating group) is 1. The van der Waals surface area contributed by atoms with Gasteiger partial charge in [-0.2, -0.15) is 0 Å². The summed E-state index contributed by atoms with van der Waals surface area (Å²) in [6, 6.07) is 17.4. The highest BCUT2D eigenvalue weighted by atomic mass is 16.1. The molecule has 0 saturated heterocycles. The number of hydrogen-bond acceptors (Lipinski definition) is 5. The van der Waals surface area contributed by atoms with Crippen molar-refractivity contribution < 1.29 is 4.79 Å². The maximum Gasteiger partial charge on any atom is 0.251 e. The van der Waals surface area contributed by atoms with Crippen molar-refractivity contribution in [2.24, 2.45) is 0 Å². The van der Waals surface area contributed by atoms with Gasteiger partial charge in [0.25, 0.3) is 5.91 Å². The molecule has 0 aliphatic carbocycles. The van der Waals surface area contributed by atoms with Gasteiger partial charge in [0.05, 0.1) is 11.7 Å². The second-order valence-corrected chi connectivity index (χ2v) is 5.90. The number of amides is 1. The number of carbonyl (C=O) groups excluding carboxylic acids is 1. The average Bonchev–Trinajstić information content (AvgIpc) is 3.17. The fourth-order valence-corrected chi connectivity index (χ4v) is 2.63. The summed E-state index contributed by atoms with van der Waals surface area (Å²) in [5, 5.41) is 14.1. The lowest BCUT2D eigenvalue weighted by Gasteiger charge is -2.25. The van der Waals surface area contributed by atoms with Gasteiger partial charge in [-0.1, -0.05) is 36.4 Å². The molecule has 0 bridgehead atoms. The molecule has 1 heterocycles. The molecule has 7 nitrogen and oxygen atoms in total. The predicted molar refractivity (Wildman–Crippen MR) is 94.4 cm³/mol. The topological polar surface area (TPSA) is 75.9 Å². The minimum atomic E-state index is -0.127. The lowest BCUT2D eigenvalue weighted by Crippen LogP contribution is -2.34. The number of carbonyl (C=O) groups is 1. The van der Waals surface area contributed by atoms with Gasteiger partial charge < -0.3 is 10.2 Å². The molecular formula is C18H20N6O. The molecule has 0 aliphatic rings. The molecule has 0 aliphatic heterocycles. The number of hydrogen-bond donors (Lipinski definition) is 1. The monoisotopic (exact) mass is 336 g/mol. The van der Waals surface area contributed by atoms with Crippen molar-refractivity contribution in [3.8, 4) is 5.69 Å². The van der Waals surface area contributed by atoms with E-state index in [2.05, 4.69) is 37.9 Å². The Morgan fingerprint density at radius 2 is 1.96 bits per heavy atom. The normalized spacial score (nSPS) is 12.1. The van der Waals surface area contributed by atoms with Crippen molar-refractivity contribution >= 4 is 5.91 Å². The molecule has 0 saturated carbocycles. The minimum absolute atomic E-state index is 0.104. The zero-order valence-electron chi connectivity index (χ0n) is 14.2. The zero-order chi connectivity index (χ0) is 17.6. The molecule has 1 aromatic heterocycles. The van der Waals surface area contributed by atoms with Crippen LogP contribution in [0.2, 0.25) is 0 Å². The van der Waals surface area contributed by atoms with Crippen LogP contribution in [0.25, 0.3) is 5.69 Å². The number of tetrazole rings is 1. The number of rotatable bonds is 6. The van der Waals surface area contributed by atoms with Crippen LogP contribution in [0.3, 0.4) is 0 Å². The number of aromatic nitrogens is 4. The molecule has 25 heavy (non-hydrogen) atoms. The van der Waals surface area contributed by atoms with Crippen LogP contribution in [0.15, 0.2) is 60.9 Å². The molecule has 0 fully saturated rings. The first kappa shape index (κ1) is 16.8. The third kappa shape index (κ3) is 4.07. The van der Waals surface area contributed by atoms with Gasteiger partial charge in [0, 0.05) is 12.1 Å². The molecular weight excluding hydrogens is 316 g/mol. The number of nitrogens with zero attached hydrogens (tertiary/aromatic N) is 5. The van der Waals surface area contributed by atoms with Gasteiger partial charge >= 0.3 is 0 Å². The van der Waals surface area contributed by atoms with Gasteiger partial charge in [0.2, 0.25) is 0 Å². The molecule has 1 N–H and O–H groups in total. The van der Waals surface area contributed by atoms with Gasteiger partial charge in [-0.05, 0) is 48.3 Å². The highest BCUT2D eigenvalue weighted by molar-refractivity contribution is 5.94. The predicted octanol–water partition coefficient (Wildman–Crippen LogP) is 1.69. The summed E-state index contributed by atoms with van der Waals surface area (Å²) >= 11 is 0. The van der Waals surface area contributed by atoms with E-state index in [4.69, 9.17) is 0 Å². The van der Waals surface area contributed by atoms with E-state index in [0.717, 1.165) is 11.3 Å². The van der Waals surface area contributed by atoms with Crippen LogP contribution < -0.4 is 5.32 Å².